The minimum absolute atomic E-state index is 0.0238. The number of amides is 1. The molecule has 2 aromatic heterocycles. The van der Waals surface area contributed by atoms with E-state index in [1.807, 2.05) is 6.92 Å². The maximum Gasteiger partial charge on any atom is 0.267 e. The Morgan fingerprint density at radius 3 is 2.53 bits per heavy atom. The van der Waals surface area contributed by atoms with E-state index in [0.717, 1.165) is 10.5 Å². The lowest BCUT2D eigenvalue weighted by Gasteiger charge is -2.21. The van der Waals surface area contributed by atoms with Crippen LogP contribution in [0.3, 0.4) is 0 Å². The molecule has 0 fully saturated rings. The largest absolute Gasteiger partial charge is 0.494 e. The van der Waals surface area contributed by atoms with Crippen LogP contribution in [0.25, 0.3) is 0 Å². The molecule has 1 aromatic carbocycles. The third-order valence-corrected chi connectivity index (χ3v) is 5.85. The first-order valence-electron chi connectivity index (χ1n) is 8.90. The number of carbonyl (C=O) groups excluding carboxylic acids is 1. The van der Waals surface area contributed by atoms with Crippen molar-refractivity contribution in [2.75, 3.05) is 22.8 Å². The predicted molar refractivity (Wildman–Crippen MR) is 111 cm³/mol. The fourth-order valence-electron chi connectivity index (χ4n) is 2.53. The zero-order chi connectivity index (χ0) is 21.7. The molecule has 1 N–H and O–H groups in total. The molecule has 9 nitrogen and oxygen atoms in total. The van der Waals surface area contributed by atoms with E-state index in [4.69, 9.17) is 20.9 Å². The van der Waals surface area contributed by atoms with E-state index in [1.165, 1.54) is 18.2 Å². The molecule has 0 saturated carbocycles. The first kappa shape index (κ1) is 21.6. The average Bonchev–Trinajstić information content (AvgIpc) is 3.14. The molecule has 0 bridgehead atoms. The molecule has 2 heterocycles. The summed E-state index contributed by atoms with van der Waals surface area (Å²) in [5, 5.41) is 6.55. The van der Waals surface area contributed by atoms with Gasteiger partial charge in [0.1, 0.15) is 28.1 Å². The lowest BCUT2D eigenvalue weighted by Crippen LogP contribution is -2.38. The quantitative estimate of drug-likeness (QED) is 0.523. The van der Waals surface area contributed by atoms with Crippen molar-refractivity contribution in [3.63, 3.8) is 0 Å². The second kappa shape index (κ2) is 9.14. The summed E-state index contributed by atoms with van der Waals surface area (Å²) < 4.78 is 37.4. The number of hydrogen-bond acceptors (Lipinski definition) is 7. The van der Waals surface area contributed by atoms with E-state index < -0.39 is 22.5 Å². The zero-order valence-electron chi connectivity index (χ0n) is 16.2. The maximum absolute atomic E-state index is 13.1. The fraction of sp³-hybridized carbons (Fsp3) is 0.211. The summed E-state index contributed by atoms with van der Waals surface area (Å²) in [6.07, 6.45) is 1.11. The molecule has 0 unspecified atom stereocenters. The van der Waals surface area contributed by atoms with E-state index >= 15 is 0 Å². The molecule has 11 heteroatoms. The number of hydrogen-bond donors (Lipinski definition) is 1. The van der Waals surface area contributed by atoms with Crippen molar-refractivity contribution >= 4 is 39.0 Å². The third kappa shape index (κ3) is 5.08. The van der Waals surface area contributed by atoms with Crippen molar-refractivity contribution in [3.8, 4) is 5.75 Å². The molecule has 0 spiro atoms. The number of anilines is 2. The number of pyridine rings is 1. The Labute approximate surface area is 178 Å². The summed E-state index contributed by atoms with van der Waals surface area (Å²) in [5.74, 6) is 0.467. The molecular weight excluding hydrogens is 432 g/mol. The Balaban J connectivity index is 1.84. The van der Waals surface area contributed by atoms with Gasteiger partial charge in [0, 0.05) is 18.0 Å². The number of sulfonamides is 1. The Kier molecular flexibility index (Phi) is 6.58. The highest BCUT2D eigenvalue weighted by Gasteiger charge is 2.30. The Bertz CT molecular complexity index is 1110. The van der Waals surface area contributed by atoms with Crippen LogP contribution >= 0.6 is 11.6 Å². The fourth-order valence-corrected chi connectivity index (χ4v) is 3.95. The Morgan fingerprint density at radius 1 is 1.23 bits per heavy atom. The first-order chi connectivity index (χ1) is 14.3. The van der Waals surface area contributed by atoms with E-state index in [9.17, 15) is 13.2 Å². The molecule has 0 radical (unpaired) electrons. The molecule has 3 aromatic rings. The van der Waals surface area contributed by atoms with Crippen LogP contribution in [-0.4, -0.2) is 37.6 Å². The van der Waals surface area contributed by atoms with Gasteiger partial charge in [0.05, 0.1) is 6.61 Å². The molecule has 0 atom stereocenters. The van der Waals surface area contributed by atoms with Crippen LogP contribution in [0, 0.1) is 6.92 Å². The lowest BCUT2D eigenvalue weighted by atomic mass is 10.3. The van der Waals surface area contributed by atoms with Crippen molar-refractivity contribution in [1.29, 1.82) is 0 Å². The van der Waals surface area contributed by atoms with Crippen molar-refractivity contribution in [3.05, 3.63) is 59.6 Å². The molecule has 158 valence electrons. The number of benzene rings is 1. The van der Waals surface area contributed by atoms with Gasteiger partial charge in [-0.2, -0.15) is 0 Å². The minimum atomic E-state index is -4.15. The van der Waals surface area contributed by atoms with Gasteiger partial charge < -0.3 is 14.6 Å². The highest BCUT2D eigenvalue weighted by molar-refractivity contribution is 7.92. The van der Waals surface area contributed by atoms with Gasteiger partial charge in [-0.05, 0) is 50.2 Å². The van der Waals surface area contributed by atoms with Crippen LogP contribution in [-0.2, 0) is 14.8 Å². The topological polar surface area (TPSA) is 115 Å². The summed E-state index contributed by atoms with van der Waals surface area (Å²) in [4.78, 5) is 16.3. The van der Waals surface area contributed by atoms with E-state index in [0.29, 0.717) is 23.8 Å². The standard InChI is InChI=1S/C19H19ClN4O5S/c1-3-28-15-6-4-14(5-7-15)22-19(25)12-24(18-10-13(2)29-23-18)30(26,27)16-8-9-17(20)21-11-16/h4-11H,3,12H2,1-2H3,(H,22,25). The molecule has 0 aliphatic heterocycles. The van der Waals surface area contributed by atoms with Gasteiger partial charge in [-0.1, -0.05) is 16.8 Å². The Hall–Kier alpha value is -3.11. The average molecular weight is 451 g/mol. The highest BCUT2D eigenvalue weighted by Crippen LogP contribution is 2.24. The summed E-state index contributed by atoms with van der Waals surface area (Å²) in [7, 11) is -4.15. The van der Waals surface area contributed by atoms with Crippen LogP contribution in [0.2, 0.25) is 5.15 Å². The summed E-state index contributed by atoms with van der Waals surface area (Å²) in [6.45, 7) is 3.48. The second-order valence-corrected chi connectivity index (χ2v) is 8.38. The molecule has 3 rings (SSSR count). The lowest BCUT2D eigenvalue weighted by molar-refractivity contribution is -0.114. The summed E-state index contributed by atoms with van der Waals surface area (Å²) >= 11 is 5.75. The van der Waals surface area contributed by atoms with Gasteiger partial charge in [0.25, 0.3) is 10.0 Å². The van der Waals surface area contributed by atoms with Crippen molar-refractivity contribution < 1.29 is 22.5 Å². The number of rotatable bonds is 8. The zero-order valence-corrected chi connectivity index (χ0v) is 17.8. The predicted octanol–water partition coefficient (Wildman–Crippen LogP) is 3.26. The molecule has 1 amide bonds. The minimum Gasteiger partial charge on any atom is -0.494 e. The number of ether oxygens (including phenoxy) is 1. The van der Waals surface area contributed by atoms with Crippen LogP contribution in [0.4, 0.5) is 11.5 Å². The van der Waals surface area contributed by atoms with Gasteiger partial charge in [-0.25, -0.2) is 17.7 Å². The number of nitrogens with one attached hydrogen (secondary N) is 1. The number of aryl methyl sites for hydroxylation is 1. The highest BCUT2D eigenvalue weighted by atomic mass is 35.5. The van der Waals surface area contributed by atoms with Gasteiger partial charge >= 0.3 is 0 Å². The number of carbonyl (C=O) groups is 1. The molecule has 30 heavy (non-hydrogen) atoms. The van der Waals surface area contributed by atoms with Gasteiger partial charge in [0.15, 0.2) is 5.82 Å². The number of halogens is 1. The van der Waals surface area contributed by atoms with E-state index in [2.05, 4.69) is 15.5 Å². The normalized spacial score (nSPS) is 11.2. The van der Waals surface area contributed by atoms with E-state index in [1.54, 1.807) is 31.2 Å². The number of nitrogens with zero attached hydrogens (tertiary/aromatic N) is 3. The van der Waals surface area contributed by atoms with Crippen molar-refractivity contribution in [2.45, 2.75) is 18.7 Å². The van der Waals surface area contributed by atoms with Crippen LogP contribution in [0.15, 0.2) is 58.1 Å². The summed E-state index contributed by atoms with van der Waals surface area (Å²) in [6, 6.07) is 10.8. The summed E-state index contributed by atoms with van der Waals surface area (Å²) in [5.41, 5.74) is 0.491. The Morgan fingerprint density at radius 2 is 1.97 bits per heavy atom. The maximum atomic E-state index is 13.1. The van der Waals surface area contributed by atoms with Crippen molar-refractivity contribution in [2.24, 2.45) is 0 Å². The first-order valence-corrected chi connectivity index (χ1v) is 10.7. The monoisotopic (exact) mass is 450 g/mol. The molecule has 0 aliphatic rings. The van der Waals surface area contributed by atoms with Crippen molar-refractivity contribution in [1.82, 2.24) is 10.1 Å². The molecule has 0 aliphatic carbocycles. The van der Waals surface area contributed by atoms with Crippen LogP contribution < -0.4 is 14.4 Å². The molecular formula is C19H19ClN4O5S. The van der Waals surface area contributed by atoms with Gasteiger partial charge in [-0.15, -0.1) is 0 Å². The molecule has 0 saturated heterocycles. The van der Waals surface area contributed by atoms with E-state index in [-0.39, 0.29) is 15.9 Å². The SMILES string of the molecule is CCOc1ccc(NC(=O)CN(c2cc(C)on2)S(=O)(=O)c2ccc(Cl)nc2)cc1. The van der Waals surface area contributed by atoms with Crippen LogP contribution in [0.1, 0.15) is 12.7 Å². The second-order valence-electron chi connectivity index (χ2n) is 6.13. The van der Waals surface area contributed by atoms with Gasteiger partial charge in [0.2, 0.25) is 5.91 Å². The van der Waals surface area contributed by atoms with Gasteiger partial charge in [-0.3, -0.25) is 4.79 Å². The number of aromatic nitrogens is 2. The smallest absolute Gasteiger partial charge is 0.267 e. The third-order valence-electron chi connectivity index (χ3n) is 3.90. The van der Waals surface area contributed by atoms with Crippen LogP contribution in [0.5, 0.6) is 5.75 Å².